The summed E-state index contributed by atoms with van der Waals surface area (Å²) in [5, 5.41) is 2.69. The van der Waals surface area contributed by atoms with Crippen LogP contribution in [0.1, 0.15) is 33.6 Å². The maximum Gasteiger partial charge on any atom is 0.271 e. The van der Waals surface area contributed by atoms with Crippen LogP contribution < -0.4 is 10.9 Å². The Morgan fingerprint density at radius 1 is 1.33 bits per heavy atom. The minimum Gasteiger partial charge on any atom is -0.352 e. The molecule has 0 aliphatic carbocycles. The van der Waals surface area contributed by atoms with Crippen LogP contribution in [0.5, 0.6) is 0 Å². The summed E-state index contributed by atoms with van der Waals surface area (Å²) in [7, 11) is -3.83. The molecule has 0 atom stereocenters. The van der Waals surface area contributed by atoms with Crippen LogP contribution in [-0.2, 0) is 21.4 Å². The largest absolute Gasteiger partial charge is 0.352 e. The first-order chi connectivity index (χ1) is 11.2. The molecule has 0 saturated carbocycles. The highest BCUT2D eigenvalue weighted by Gasteiger charge is 2.30. The van der Waals surface area contributed by atoms with E-state index in [1.54, 1.807) is 0 Å². The molecule has 1 saturated heterocycles. The van der Waals surface area contributed by atoms with Gasteiger partial charge in [-0.3, -0.25) is 9.59 Å². The summed E-state index contributed by atoms with van der Waals surface area (Å²) in [6.45, 7) is 6.37. The number of piperidine rings is 1. The van der Waals surface area contributed by atoms with Gasteiger partial charge >= 0.3 is 0 Å². The molecule has 2 heterocycles. The number of rotatable bonds is 5. The fraction of sp³-hybridized carbons (Fsp3) is 0.625. The van der Waals surface area contributed by atoms with E-state index >= 15 is 0 Å². The quantitative estimate of drug-likeness (QED) is 0.846. The van der Waals surface area contributed by atoms with Crippen LogP contribution in [-0.4, -0.2) is 42.3 Å². The fourth-order valence-electron chi connectivity index (χ4n) is 2.72. The van der Waals surface area contributed by atoms with Gasteiger partial charge in [-0.1, -0.05) is 6.92 Å². The van der Waals surface area contributed by atoms with E-state index < -0.39 is 15.6 Å². The molecule has 2 rings (SSSR count). The number of hydrogen-bond donors (Lipinski definition) is 1. The van der Waals surface area contributed by atoms with Gasteiger partial charge in [-0.25, -0.2) is 8.42 Å². The average molecular weight is 355 g/mol. The summed E-state index contributed by atoms with van der Waals surface area (Å²) in [5.41, 5.74) is -0.657. The van der Waals surface area contributed by atoms with E-state index in [4.69, 9.17) is 0 Å². The van der Waals surface area contributed by atoms with Gasteiger partial charge in [0.1, 0.15) is 11.4 Å². The van der Waals surface area contributed by atoms with Gasteiger partial charge in [0, 0.05) is 25.3 Å². The van der Waals surface area contributed by atoms with Crippen LogP contribution in [0.2, 0.25) is 0 Å². The second kappa shape index (κ2) is 7.48. The number of nitrogens with zero attached hydrogens (tertiary/aromatic N) is 2. The molecule has 1 N–H and O–H groups in total. The molecule has 8 heteroatoms. The summed E-state index contributed by atoms with van der Waals surface area (Å²) in [4.78, 5) is 24.1. The normalized spacial score (nSPS) is 17.2. The zero-order valence-electron chi connectivity index (χ0n) is 14.4. The van der Waals surface area contributed by atoms with E-state index in [0.717, 1.165) is 17.4 Å². The maximum absolute atomic E-state index is 12.7. The Morgan fingerprint density at radius 2 is 1.96 bits per heavy atom. The summed E-state index contributed by atoms with van der Waals surface area (Å²) < 4.78 is 28.0. The van der Waals surface area contributed by atoms with Crippen molar-refractivity contribution in [1.29, 1.82) is 0 Å². The molecular weight excluding hydrogens is 330 g/mol. The van der Waals surface area contributed by atoms with Crippen LogP contribution in [0.25, 0.3) is 0 Å². The molecule has 1 aliphatic rings. The van der Waals surface area contributed by atoms with Crippen molar-refractivity contribution in [3.05, 3.63) is 28.7 Å². The number of carbonyl (C=O) groups excluding carboxylic acids is 1. The molecular formula is C16H25N3O4S. The van der Waals surface area contributed by atoms with Gasteiger partial charge in [0.2, 0.25) is 15.9 Å². The number of aromatic nitrogens is 1. The van der Waals surface area contributed by atoms with Crippen LogP contribution >= 0.6 is 0 Å². The second-order valence-electron chi connectivity index (χ2n) is 6.61. The molecule has 1 aromatic rings. The van der Waals surface area contributed by atoms with Crippen molar-refractivity contribution in [2.24, 2.45) is 5.92 Å². The summed E-state index contributed by atoms with van der Waals surface area (Å²) in [5.74, 6) is 0.164. The van der Waals surface area contributed by atoms with Gasteiger partial charge in [0.25, 0.3) is 5.56 Å². The lowest BCUT2D eigenvalue weighted by molar-refractivity contribution is -0.122. The second-order valence-corrected chi connectivity index (χ2v) is 8.52. The van der Waals surface area contributed by atoms with Crippen LogP contribution in [0.3, 0.4) is 0 Å². The van der Waals surface area contributed by atoms with Crippen molar-refractivity contribution < 1.29 is 13.2 Å². The molecule has 0 bridgehead atoms. The highest BCUT2D eigenvalue weighted by Crippen LogP contribution is 2.21. The third kappa shape index (κ3) is 4.24. The summed E-state index contributed by atoms with van der Waals surface area (Å²) in [6.07, 6.45) is 3.01. The topological polar surface area (TPSA) is 88.5 Å². The Kier molecular flexibility index (Phi) is 5.82. The van der Waals surface area contributed by atoms with E-state index in [2.05, 4.69) is 12.2 Å². The lowest BCUT2D eigenvalue weighted by Gasteiger charge is -2.29. The van der Waals surface area contributed by atoms with Crippen LogP contribution in [0, 0.1) is 5.92 Å². The Hall–Kier alpha value is -1.67. The number of amides is 1. The third-order valence-electron chi connectivity index (χ3n) is 4.11. The SMILES string of the molecule is CC1CCN(S(=O)(=O)c2cccn(CC(=O)NC(C)C)c2=O)CC1. The lowest BCUT2D eigenvalue weighted by Crippen LogP contribution is -2.42. The number of nitrogens with one attached hydrogen (secondary N) is 1. The number of pyridine rings is 1. The monoisotopic (exact) mass is 355 g/mol. The molecule has 0 radical (unpaired) electrons. The lowest BCUT2D eigenvalue weighted by atomic mass is 10.0. The van der Waals surface area contributed by atoms with Crippen molar-refractivity contribution >= 4 is 15.9 Å². The molecule has 7 nitrogen and oxygen atoms in total. The summed E-state index contributed by atoms with van der Waals surface area (Å²) in [6, 6.07) is 2.76. The molecule has 1 amide bonds. The number of carbonyl (C=O) groups is 1. The van der Waals surface area contributed by atoms with Gasteiger partial charge in [-0.05, 0) is 44.7 Å². The highest BCUT2D eigenvalue weighted by molar-refractivity contribution is 7.89. The molecule has 1 aliphatic heterocycles. The minimum atomic E-state index is -3.83. The predicted molar refractivity (Wildman–Crippen MR) is 91.1 cm³/mol. The third-order valence-corrected chi connectivity index (χ3v) is 6.02. The molecule has 1 fully saturated rings. The minimum absolute atomic E-state index is 0.0459. The Bertz CT molecular complexity index is 747. The molecule has 0 spiro atoms. The smallest absolute Gasteiger partial charge is 0.271 e. The highest BCUT2D eigenvalue weighted by atomic mass is 32.2. The Balaban J connectivity index is 2.26. The standard InChI is InChI=1S/C16H25N3O4S/c1-12(2)17-15(20)11-18-8-4-5-14(16(18)21)24(22,23)19-9-6-13(3)7-10-19/h4-5,8,12-13H,6-7,9-11H2,1-3H3,(H,17,20). The number of sulfonamides is 1. The van der Waals surface area contributed by atoms with Crippen molar-refractivity contribution in [1.82, 2.24) is 14.2 Å². The van der Waals surface area contributed by atoms with Crippen LogP contribution in [0.15, 0.2) is 28.0 Å². The number of hydrogen-bond acceptors (Lipinski definition) is 4. The zero-order valence-corrected chi connectivity index (χ0v) is 15.2. The Morgan fingerprint density at radius 3 is 2.54 bits per heavy atom. The zero-order chi connectivity index (χ0) is 17.9. The van der Waals surface area contributed by atoms with E-state index in [9.17, 15) is 18.0 Å². The first kappa shape index (κ1) is 18.7. The van der Waals surface area contributed by atoms with Crippen molar-refractivity contribution in [3.8, 4) is 0 Å². The molecule has 134 valence electrons. The molecule has 24 heavy (non-hydrogen) atoms. The fourth-order valence-corrected chi connectivity index (χ4v) is 4.28. The summed E-state index contributed by atoms with van der Waals surface area (Å²) >= 11 is 0. The van der Waals surface area contributed by atoms with E-state index in [1.165, 1.54) is 22.6 Å². The van der Waals surface area contributed by atoms with Gasteiger partial charge in [0.15, 0.2) is 0 Å². The van der Waals surface area contributed by atoms with Gasteiger partial charge < -0.3 is 9.88 Å². The first-order valence-corrected chi connectivity index (χ1v) is 9.64. The average Bonchev–Trinajstić information content (AvgIpc) is 2.49. The maximum atomic E-state index is 12.7. The van der Waals surface area contributed by atoms with Crippen LogP contribution in [0.4, 0.5) is 0 Å². The molecule has 0 aromatic carbocycles. The Labute approximate surface area is 142 Å². The van der Waals surface area contributed by atoms with Crippen molar-refractivity contribution in [3.63, 3.8) is 0 Å². The van der Waals surface area contributed by atoms with Crippen molar-refractivity contribution in [2.75, 3.05) is 13.1 Å². The van der Waals surface area contributed by atoms with E-state index in [1.807, 2.05) is 13.8 Å². The van der Waals surface area contributed by atoms with Gasteiger partial charge in [-0.2, -0.15) is 4.31 Å². The van der Waals surface area contributed by atoms with Gasteiger partial charge in [-0.15, -0.1) is 0 Å². The molecule has 0 unspecified atom stereocenters. The first-order valence-electron chi connectivity index (χ1n) is 8.20. The predicted octanol–water partition coefficient (Wildman–Crippen LogP) is 0.793. The molecule has 1 aromatic heterocycles. The van der Waals surface area contributed by atoms with Crippen molar-refractivity contribution in [2.45, 2.75) is 51.1 Å². The van der Waals surface area contributed by atoms with E-state index in [0.29, 0.717) is 19.0 Å². The van der Waals surface area contributed by atoms with E-state index in [-0.39, 0.29) is 23.4 Å². The van der Waals surface area contributed by atoms with Gasteiger partial charge in [0.05, 0.1) is 0 Å².